The van der Waals surface area contributed by atoms with Crippen molar-refractivity contribution in [2.24, 2.45) is 0 Å². The SMILES string of the molecule is CCCNCc1ccc([N+](=O)[O-])c(C)c1. The molecule has 15 heavy (non-hydrogen) atoms. The summed E-state index contributed by atoms with van der Waals surface area (Å²) in [6.45, 7) is 5.61. The summed E-state index contributed by atoms with van der Waals surface area (Å²) in [5, 5.41) is 13.8. The molecule has 0 amide bonds. The largest absolute Gasteiger partial charge is 0.313 e. The summed E-state index contributed by atoms with van der Waals surface area (Å²) in [7, 11) is 0. The zero-order valence-electron chi connectivity index (χ0n) is 9.12. The quantitative estimate of drug-likeness (QED) is 0.459. The van der Waals surface area contributed by atoms with Crippen molar-refractivity contribution in [3.8, 4) is 0 Å². The highest BCUT2D eigenvalue weighted by atomic mass is 16.6. The maximum Gasteiger partial charge on any atom is 0.272 e. The molecule has 0 radical (unpaired) electrons. The van der Waals surface area contributed by atoms with Crippen LogP contribution in [-0.4, -0.2) is 11.5 Å². The van der Waals surface area contributed by atoms with E-state index < -0.39 is 0 Å². The molecule has 0 unspecified atom stereocenters. The second kappa shape index (κ2) is 5.46. The highest BCUT2D eigenvalue weighted by Crippen LogP contribution is 2.18. The van der Waals surface area contributed by atoms with Crippen LogP contribution in [-0.2, 0) is 6.54 Å². The number of nitro groups is 1. The van der Waals surface area contributed by atoms with E-state index in [2.05, 4.69) is 12.2 Å². The van der Waals surface area contributed by atoms with Gasteiger partial charge in [0.1, 0.15) is 0 Å². The molecule has 4 nitrogen and oxygen atoms in total. The summed E-state index contributed by atoms with van der Waals surface area (Å²) >= 11 is 0. The Kier molecular flexibility index (Phi) is 4.24. The highest BCUT2D eigenvalue weighted by molar-refractivity contribution is 5.41. The smallest absolute Gasteiger partial charge is 0.272 e. The van der Waals surface area contributed by atoms with Crippen molar-refractivity contribution in [3.05, 3.63) is 39.4 Å². The summed E-state index contributed by atoms with van der Waals surface area (Å²) < 4.78 is 0. The van der Waals surface area contributed by atoms with Crippen molar-refractivity contribution in [1.82, 2.24) is 5.32 Å². The van der Waals surface area contributed by atoms with E-state index in [-0.39, 0.29) is 10.6 Å². The van der Waals surface area contributed by atoms with Crippen LogP contribution in [0.15, 0.2) is 18.2 Å². The highest BCUT2D eigenvalue weighted by Gasteiger charge is 2.09. The lowest BCUT2D eigenvalue weighted by molar-refractivity contribution is -0.385. The molecule has 4 heteroatoms. The Bertz CT molecular complexity index is 350. The van der Waals surface area contributed by atoms with Gasteiger partial charge in [-0.25, -0.2) is 0 Å². The number of benzene rings is 1. The Morgan fingerprint density at radius 1 is 1.47 bits per heavy atom. The standard InChI is InChI=1S/C11H16N2O2/c1-3-6-12-8-10-4-5-11(13(14)15)9(2)7-10/h4-5,7,12H,3,6,8H2,1-2H3. The summed E-state index contributed by atoms with van der Waals surface area (Å²) in [5.74, 6) is 0. The van der Waals surface area contributed by atoms with Gasteiger partial charge in [-0.15, -0.1) is 0 Å². The van der Waals surface area contributed by atoms with Crippen molar-refractivity contribution < 1.29 is 4.92 Å². The van der Waals surface area contributed by atoms with E-state index in [9.17, 15) is 10.1 Å². The zero-order chi connectivity index (χ0) is 11.3. The Balaban J connectivity index is 2.69. The second-order valence-electron chi connectivity index (χ2n) is 3.55. The third-order valence-corrected chi connectivity index (χ3v) is 2.21. The minimum atomic E-state index is -0.349. The number of nitro benzene ring substituents is 1. The predicted octanol–water partition coefficient (Wildman–Crippen LogP) is 2.40. The third-order valence-electron chi connectivity index (χ3n) is 2.21. The van der Waals surface area contributed by atoms with Gasteiger partial charge in [0.15, 0.2) is 0 Å². The van der Waals surface area contributed by atoms with Crippen molar-refractivity contribution in [1.29, 1.82) is 0 Å². The topological polar surface area (TPSA) is 55.2 Å². The minimum absolute atomic E-state index is 0.189. The average molecular weight is 208 g/mol. The fraction of sp³-hybridized carbons (Fsp3) is 0.455. The number of rotatable bonds is 5. The minimum Gasteiger partial charge on any atom is -0.313 e. The van der Waals surface area contributed by atoms with Gasteiger partial charge in [-0.3, -0.25) is 10.1 Å². The Morgan fingerprint density at radius 3 is 2.73 bits per heavy atom. The molecule has 0 atom stereocenters. The molecule has 1 aromatic rings. The van der Waals surface area contributed by atoms with E-state index in [1.807, 2.05) is 6.07 Å². The van der Waals surface area contributed by atoms with Crippen LogP contribution in [0.25, 0.3) is 0 Å². The van der Waals surface area contributed by atoms with Crippen molar-refractivity contribution >= 4 is 5.69 Å². The predicted molar refractivity (Wildman–Crippen MR) is 59.8 cm³/mol. The number of hydrogen-bond acceptors (Lipinski definition) is 3. The van der Waals surface area contributed by atoms with Gasteiger partial charge >= 0.3 is 0 Å². The van der Waals surface area contributed by atoms with Gasteiger partial charge in [0.05, 0.1) is 4.92 Å². The van der Waals surface area contributed by atoms with E-state index in [0.717, 1.165) is 30.6 Å². The summed E-state index contributed by atoms with van der Waals surface area (Å²) in [5.41, 5.74) is 2.00. The maximum atomic E-state index is 10.6. The molecular formula is C11H16N2O2. The average Bonchev–Trinajstić information content (AvgIpc) is 2.17. The van der Waals surface area contributed by atoms with Crippen LogP contribution in [0.5, 0.6) is 0 Å². The second-order valence-corrected chi connectivity index (χ2v) is 3.55. The van der Waals surface area contributed by atoms with Crippen LogP contribution in [0.2, 0.25) is 0 Å². The van der Waals surface area contributed by atoms with E-state index in [0.29, 0.717) is 0 Å². The number of aryl methyl sites for hydroxylation is 1. The Labute approximate surface area is 89.5 Å². The lowest BCUT2D eigenvalue weighted by Gasteiger charge is -2.04. The van der Waals surface area contributed by atoms with Gasteiger partial charge in [-0.2, -0.15) is 0 Å². The molecule has 0 fully saturated rings. The first kappa shape index (κ1) is 11.7. The Hall–Kier alpha value is -1.42. The maximum absolute atomic E-state index is 10.6. The number of nitrogens with one attached hydrogen (secondary N) is 1. The molecule has 0 aliphatic carbocycles. The van der Waals surface area contributed by atoms with Crippen LogP contribution in [0, 0.1) is 17.0 Å². The molecule has 0 bridgehead atoms. The van der Waals surface area contributed by atoms with Gasteiger partial charge in [-0.05, 0) is 31.5 Å². The number of hydrogen-bond donors (Lipinski definition) is 1. The lowest BCUT2D eigenvalue weighted by Crippen LogP contribution is -2.13. The van der Waals surface area contributed by atoms with Gasteiger partial charge in [-0.1, -0.05) is 13.0 Å². The third kappa shape index (κ3) is 3.32. The van der Waals surface area contributed by atoms with Crippen LogP contribution in [0.4, 0.5) is 5.69 Å². The molecule has 0 saturated carbocycles. The first-order chi connectivity index (χ1) is 7.15. The van der Waals surface area contributed by atoms with Crippen molar-refractivity contribution in [3.63, 3.8) is 0 Å². The van der Waals surface area contributed by atoms with Gasteiger partial charge < -0.3 is 5.32 Å². The first-order valence-corrected chi connectivity index (χ1v) is 5.09. The zero-order valence-corrected chi connectivity index (χ0v) is 9.12. The van der Waals surface area contributed by atoms with Crippen LogP contribution < -0.4 is 5.32 Å². The molecule has 1 N–H and O–H groups in total. The summed E-state index contributed by atoms with van der Waals surface area (Å²) in [4.78, 5) is 10.2. The molecule has 1 rings (SSSR count). The van der Waals surface area contributed by atoms with E-state index >= 15 is 0 Å². The van der Waals surface area contributed by atoms with E-state index in [1.54, 1.807) is 19.1 Å². The normalized spacial score (nSPS) is 10.3. The molecule has 0 spiro atoms. The summed E-state index contributed by atoms with van der Waals surface area (Å²) in [6.07, 6.45) is 1.09. The fourth-order valence-corrected chi connectivity index (χ4v) is 1.44. The molecule has 0 aromatic heterocycles. The van der Waals surface area contributed by atoms with E-state index in [1.165, 1.54) is 0 Å². The molecular weight excluding hydrogens is 192 g/mol. The van der Waals surface area contributed by atoms with Crippen LogP contribution >= 0.6 is 0 Å². The van der Waals surface area contributed by atoms with Crippen molar-refractivity contribution in [2.75, 3.05) is 6.54 Å². The van der Waals surface area contributed by atoms with Gasteiger partial charge in [0, 0.05) is 18.2 Å². The Morgan fingerprint density at radius 2 is 2.20 bits per heavy atom. The first-order valence-electron chi connectivity index (χ1n) is 5.09. The van der Waals surface area contributed by atoms with Gasteiger partial charge in [0.25, 0.3) is 5.69 Å². The lowest BCUT2D eigenvalue weighted by atomic mass is 10.1. The molecule has 82 valence electrons. The monoisotopic (exact) mass is 208 g/mol. The van der Waals surface area contributed by atoms with Crippen molar-refractivity contribution in [2.45, 2.75) is 26.8 Å². The molecule has 1 aromatic carbocycles. The van der Waals surface area contributed by atoms with Gasteiger partial charge in [0.2, 0.25) is 0 Å². The van der Waals surface area contributed by atoms with Crippen LogP contribution in [0.1, 0.15) is 24.5 Å². The fourth-order valence-electron chi connectivity index (χ4n) is 1.44. The molecule has 0 heterocycles. The molecule has 0 saturated heterocycles. The van der Waals surface area contributed by atoms with E-state index in [4.69, 9.17) is 0 Å². The molecule has 0 aliphatic heterocycles. The number of nitrogens with zero attached hydrogens (tertiary/aromatic N) is 1. The summed E-state index contributed by atoms with van der Waals surface area (Å²) in [6, 6.07) is 5.23. The molecule has 0 aliphatic rings. The van der Waals surface area contributed by atoms with Crippen LogP contribution in [0.3, 0.4) is 0 Å².